The average molecular weight is 372 g/mol. The van der Waals surface area contributed by atoms with Crippen LogP contribution in [0.15, 0.2) is 36.1 Å². The lowest BCUT2D eigenvalue weighted by Gasteiger charge is -2.15. The number of nitrogens with one attached hydrogen (secondary N) is 1. The molecule has 0 aromatic heterocycles. The highest BCUT2D eigenvalue weighted by molar-refractivity contribution is 6.31. The minimum Gasteiger partial charge on any atom is -0.515 e. The quantitative estimate of drug-likeness (QED) is 0.280. The molecule has 1 aromatic carbocycles. The molecule has 27 heavy (non-hydrogen) atoms. The molecule has 2 N–H and O–H groups in total. The molecule has 2 rings (SSSR count). The van der Waals surface area contributed by atoms with E-state index in [4.69, 9.17) is 5.11 Å². The van der Waals surface area contributed by atoms with Gasteiger partial charge in [0.05, 0.1) is 12.8 Å². The Morgan fingerprint density at radius 3 is 2.30 bits per heavy atom. The van der Waals surface area contributed by atoms with Crippen molar-refractivity contribution in [3.63, 3.8) is 0 Å². The van der Waals surface area contributed by atoms with Crippen LogP contribution in [0, 0.1) is 0 Å². The molecule has 2 amide bonds. The van der Waals surface area contributed by atoms with Crippen molar-refractivity contribution in [1.82, 2.24) is 0 Å². The number of anilines is 2. The summed E-state index contributed by atoms with van der Waals surface area (Å²) in [4.78, 5) is 37.0. The molecule has 1 aliphatic heterocycles. The van der Waals surface area contributed by atoms with E-state index in [2.05, 4.69) is 12.2 Å². The lowest BCUT2D eigenvalue weighted by atomic mass is 10.1. The van der Waals surface area contributed by atoms with Crippen molar-refractivity contribution in [2.45, 2.75) is 58.3 Å². The maximum absolute atomic E-state index is 12.0. The van der Waals surface area contributed by atoms with Crippen molar-refractivity contribution >= 4 is 29.0 Å². The van der Waals surface area contributed by atoms with E-state index < -0.39 is 11.7 Å². The molecule has 1 aromatic rings. The van der Waals surface area contributed by atoms with Gasteiger partial charge in [0.15, 0.2) is 5.78 Å². The number of aliphatic hydroxyl groups excluding tert-OH is 1. The first-order valence-corrected chi connectivity index (χ1v) is 9.66. The van der Waals surface area contributed by atoms with Crippen LogP contribution in [0.25, 0.3) is 0 Å². The number of rotatable bonds is 10. The van der Waals surface area contributed by atoms with E-state index in [1.165, 1.54) is 37.0 Å². The number of carbonyl (C=O) groups is 3. The van der Waals surface area contributed by atoms with Gasteiger partial charge in [-0.15, -0.1) is 0 Å². The first kappa shape index (κ1) is 20.7. The average Bonchev–Trinajstić information content (AvgIpc) is 2.95. The molecule has 0 aliphatic carbocycles. The first-order chi connectivity index (χ1) is 13.1. The maximum Gasteiger partial charge on any atom is 0.265 e. The lowest BCUT2D eigenvalue weighted by molar-refractivity contribution is -0.117. The van der Waals surface area contributed by atoms with Gasteiger partial charge in [0, 0.05) is 17.8 Å². The summed E-state index contributed by atoms with van der Waals surface area (Å²) in [6.45, 7) is 2.11. The van der Waals surface area contributed by atoms with Gasteiger partial charge in [-0.05, 0) is 30.7 Å². The van der Waals surface area contributed by atoms with E-state index in [9.17, 15) is 14.4 Å². The zero-order valence-electron chi connectivity index (χ0n) is 15.9. The highest BCUT2D eigenvalue weighted by Crippen LogP contribution is 2.24. The van der Waals surface area contributed by atoms with Gasteiger partial charge >= 0.3 is 0 Å². The van der Waals surface area contributed by atoms with Gasteiger partial charge in [-0.25, -0.2) is 0 Å². The van der Waals surface area contributed by atoms with Crippen LogP contribution in [0.4, 0.5) is 11.4 Å². The summed E-state index contributed by atoms with van der Waals surface area (Å²) in [6, 6.07) is 6.76. The third-order valence-corrected chi connectivity index (χ3v) is 4.68. The van der Waals surface area contributed by atoms with Crippen LogP contribution in [-0.2, 0) is 14.4 Å². The zero-order chi connectivity index (χ0) is 19.6. The minimum absolute atomic E-state index is 0.0192. The Morgan fingerprint density at radius 1 is 1.07 bits per heavy atom. The summed E-state index contributed by atoms with van der Waals surface area (Å²) >= 11 is 0. The number of ketones is 1. The standard InChI is InChI=1S/C21H28N2O4/c1-2-3-4-5-6-7-8-9-20(26)22-16-10-12-17(13-11-16)23-14-19(25)18(15-24)21(23)27/h10-13,15,24H,2-9,14H2,1H3,(H,22,26)/b18-15-. The predicted molar refractivity (Wildman–Crippen MR) is 106 cm³/mol. The van der Waals surface area contributed by atoms with Crippen molar-refractivity contribution in [3.05, 3.63) is 36.1 Å². The van der Waals surface area contributed by atoms with Crippen LogP contribution in [0.2, 0.25) is 0 Å². The summed E-state index contributed by atoms with van der Waals surface area (Å²) in [6.07, 6.45) is 9.22. The second-order valence-corrected chi connectivity index (χ2v) is 6.82. The van der Waals surface area contributed by atoms with Crippen LogP contribution >= 0.6 is 0 Å². The van der Waals surface area contributed by atoms with E-state index in [-0.39, 0.29) is 18.0 Å². The minimum atomic E-state index is -0.516. The van der Waals surface area contributed by atoms with Gasteiger partial charge in [0.25, 0.3) is 5.91 Å². The largest absolute Gasteiger partial charge is 0.515 e. The summed E-state index contributed by atoms with van der Waals surface area (Å²) in [5, 5.41) is 11.8. The Morgan fingerprint density at radius 2 is 1.70 bits per heavy atom. The van der Waals surface area contributed by atoms with E-state index >= 15 is 0 Å². The summed E-state index contributed by atoms with van der Waals surface area (Å²) in [5.41, 5.74) is 1.000. The van der Waals surface area contributed by atoms with Crippen LogP contribution in [0.5, 0.6) is 0 Å². The normalized spacial score (nSPS) is 15.6. The van der Waals surface area contributed by atoms with Crippen molar-refractivity contribution in [3.8, 4) is 0 Å². The highest BCUT2D eigenvalue weighted by atomic mass is 16.2. The smallest absolute Gasteiger partial charge is 0.265 e. The van der Waals surface area contributed by atoms with Crippen LogP contribution in [-0.4, -0.2) is 29.2 Å². The second kappa shape index (κ2) is 10.5. The number of unbranched alkanes of at least 4 members (excludes halogenated alkanes) is 6. The van der Waals surface area contributed by atoms with Gasteiger partial charge in [0.2, 0.25) is 5.91 Å². The van der Waals surface area contributed by atoms with E-state index in [0.29, 0.717) is 24.1 Å². The maximum atomic E-state index is 12.0. The van der Waals surface area contributed by atoms with E-state index in [1.54, 1.807) is 24.3 Å². The Balaban J connectivity index is 1.76. The molecule has 1 saturated heterocycles. The van der Waals surface area contributed by atoms with Crippen LogP contribution in [0.1, 0.15) is 58.3 Å². The van der Waals surface area contributed by atoms with Crippen molar-refractivity contribution < 1.29 is 19.5 Å². The van der Waals surface area contributed by atoms with Gasteiger partial charge in [-0.2, -0.15) is 0 Å². The molecule has 146 valence electrons. The summed E-state index contributed by atoms with van der Waals surface area (Å²) < 4.78 is 0. The number of hydrogen-bond acceptors (Lipinski definition) is 4. The van der Waals surface area contributed by atoms with E-state index in [1.807, 2.05) is 0 Å². The molecule has 1 heterocycles. The topological polar surface area (TPSA) is 86.7 Å². The Hall–Kier alpha value is -2.63. The Kier molecular flexibility index (Phi) is 8.04. The molecule has 0 unspecified atom stereocenters. The summed E-state index contributed by atoms with van der Waals surface area (Å²) in [5.74, 6) is -0.943. The molecular formula is C21H28N2O4. The molecule has 0 spiro atoms. The number of amides is 2. The molecule has 0 radical (unpaired) electrons. The van der Waals surface area contributed by atoms with Crippen molar-refractivity contribution in [2.75, 3.05) is 16.8 Å². The number of carbonyl (C=O) groups excluding carboxylic acids is 3. The second-order valence-electron chi connectivity index (χ2n) is 6.82. The Bertz CT molecular complexity index is 695. The molecule has 6 heteroatoms. The van der Waals surface area contributed by atoms with Gasteiger partial charge < -0.3 is 15.3 Å². The van der Waals surface area contributed by atoms with Crippen molar-refractivity contribution in [1.29, 1.82) is 0 Å². The van der Waals surface area contributed by atoms with E-state index in [0.717, 1.165) is 12.8 Å². The van der Waals surface area contributed by atoms with Crippen LogP contribution < -0.4 is 10.2 Å². The number of nitrogens with zero attached hydrogens (tertiary/aromatic N) is 1. The molecule has 1 fully saturated rings. The molecule has 6 nitrogen and oxygen atoms in total. The molecule has 0 atom stereocenters. The van der Waals surface area contributed by atoms with Gasteiger partial charge in [-0.1, -0.05) is 45.4 Å². The number of benzene rings is 1. The molecule has 1 aliphatic rings. The SMILES string of the molecule is CCCCCCCCCC(=O)Nc1ccc(N2CC(=O)/C(=C/O)C2=O)cc1. The third kappa shape index (κ3) is 5.94. The third-order valence-electron chi connectivity index (χ3n) is 4.68. The van der Waals surface area contributed by atoms with Gasteiger partial charge in [-0.3, -0.25) is 14.4 Å². The zero-order valence-corrected chi connectivity index (χ0v) is 15.9. The van der Waals surface area contributed by atoms with Crippen LogP contribution in [0.3, 0.4) is 0 Å². The summed E-state index contributed by atoms with van der Waals surface area (Å²) in [7, 11) is 0. The molecular weight excluding hydrogens is 344 g/mol. The van der Waals surface area contributed by atoms with Crippen molar-refractivity contribution in [2.24, 2.45) is 0 Å². The predicted octanol–water partition coefficient (Wildman–Crippen LogP) is 4.12. The monoisotopic (exact) mass is 372 g/mol. The molecule has 0 saturated carbocycles. The van der Waals surface area contributed by atoms with Gasteiger partial charge in [0.1, 0.15) is 5.57 Å². The number of hydrogen-bond donors (Lipinski definition) is 2. The fourth-order valence-electron chi connectivity index (χ4n) is 3.09. The lowest BCUT2D eigenvalue weighted by Crippen LogP contribution is -2.24. The first-order valence-electron chi connectivity index (χ1n) is 9.66. The fraction of sp³-hybridized carbons (Fsp3) is 0.476. The molecule has 0 bridgehead atoms. The number of aliphatic hydroxyl groups is 1. The number of Topliss-reactive ketones (excluding diaryl/α,β-unsaturated/α-hetero) is 1. The Labute approximate surface area is 160 Å². The fourth-order valence-corrected chi connectivity index (χ4v) is 3.09. The highest BCUT2D eigenvalue weighted by Gasteiger charge is 2.34.